The topological polar surface area (TPSA) is 76.7 Å². The summed E-state index contributed by atoms with van der Waals surface area (Å²) in [5.41, 5.74) is 4.11. The van der Waals surface area contributed by atoms with Gasteiger partial charge in [0.25, 0.3) is 11.7 Å². The molecule has 0 aliphatic heterocycles. The van der Waals surface area contributed by atoms with Crippen molar-refractivity contribution in [2.75, 3.05) is 7.11 Å². The van der Waals surface area contributed by atoms with E-state index in [1.54, 1.807) is 28.9 Å². The third-order valence-electron chi connectivity index (χ3n) is 2.93. The van der Waals surface area contributed by atoms with Crippen LogP contribution in [0.2, 0.25) is 0 Å². The monoisotopic (exact) mass is 312 g/mol. The average molecular weight is 312 g/mol. The standard InChI is InChI=1S/C15H13FN6O/c1-23-19-10-18-14-20-15-17-9-8-13(22(15)21-14)7-4-11-2-5-12(16)6-3-11/h2-10H,1H3,(H,18,19,21). The van der Waals surface area contributed by atoms with Gasteiger partial charge >= 0.3 is 0 Å². The Morgan fingerprint density at radius 3 is 2.83 bits per heavy atom. The number of benzene rings is 1. The summed E-state index contributed by atoms with van der Waals surface area (Å²) in [6.07, 6.45) is 6.67. The first-order chi connectivity index (χ1) is 11.3. The summed E-state index contributed by atoms with van der Waals surface area (Å²) in [7, 11) is 1.48. The van der Waals surface area contributed by atoms with Crippen LogP contribution in [-0.4, -0.2) is 33.0 Å². The zero-order chi connectivity index (χ0) is 16.1. The van der Waals surface area contributed by atoms with Crippen LogP contribution in [0.5, 0.6) is 0 Å². The number of nitrogens with zero attached hydrogens (tertiary/aromatic N) is 5. The van der Waals surface area contributed by atoms with Crippen LogP contribution in [0.3, 0.4) is 0 Å². The van der Waals surface area contributed by atoms with Gasteiger partial charge in [-0.05, 0) is 29.8 Å². The highest BCUT2D eigenvalue weighted by Crippen LogP contribution is 2.12. The number of hydroxylamine groups is 1. The van der Waals surface area contributed by atoms with Gasteiger partial charge in [0.1, 0.15) is 12.2 Å². The third-order valence-corrected chi connectivity index (χ3v) is 2.93. The van der Waals surface area contributed by atoms with Crippen molar-refractivity contribution in [3.8, 4) is 0 Å². The maximum absolute atomic E-state index is 12.9. The van der Waals surface area contributed by atoms with Crippen LogP contribution in [-0.2, 0) is 4.84 Å². The fraction of sp³-hybridized carbons (Fsp3) is 0.0667. The number of fused-ring (bicyclic) bond motifs is 1. The van der Waals surface area contributed by atoms with Crippen LogP contribution in [0.1, 0.15) is 11.3 Å². The molecule has 0 radical (unpaired) electrons. The molecule has 1 N–H and O–H groups in total. The van der Waals surface area contributed by atoms with Crippen LogP contribution in [0, 0.1) is 5.82 Å². The minimum atomic E-state index is -0.267. The van der Waals surface area contributed by atoms with E-state index in [4.69, 9.17) is 0 Å². The molecule has 0 amide bonds. The van der Waals surface area contributed by atoms with E-state index in [9.17, 15) is 4.39 Å². The van der Waals surface area contributed by atoms with Crippen LogP contribution in [0.4, 0.5) is 10.3 Å². The van der Waals surface area contributed by atoms with Crippen LogP contribution < -0.4 is 5.48 Å². The Morgan fingerprint density at radius 2 is 2.04 bits per heavy atom. The highest BCUT2D eigenvalue weighted by molar-refractivity contribution is 5.68. The van der Waals surface area contributed by atoms with Gasteiger partial charge in [0.05, 0.1) is 12.8 Å². The fourth-order valence-electron chi connectivity index (χ4n) is 1.87. The van der Waals surface area contributed by atoms with Gasteiger partial charge in [0.15, 0.2) is 0 Å². The maximum atomic E-state index is 12.9. The Kier molecular flexibility index (Phi) is 4.34. The molecule has 0 saturated heterocycles. The van der Waals surface area contributed by atoms with Gasteiger partial charge in [0, 0.05) is 6.20 Å². The number of hydrogen-bond acceptors (Lipinski definition) is 5. The van der Waals surface area contributed by atoms with Gasteiger partial charge in [-0.25, -0.2) is 9.37 Å². The van der Waals surface area contributed by atoms with E-state index in [0.717, 1.165) is 11.3 Å². The molecule has 0 aliphatic rings. The lowest BCUT2D eigenvalue weighted by Gasteiger charge is -1.97. The molecular weight excluding hydrogens is 299 g/mol. The molecule has 0 unspecified atom stereocenters. The average Bonchev–Trinajstić information content (AvgIpc) is 2.98. The lowest BCUT2D eigenvalue weighted by atomic mass is 10.2. The summed E-state index contributed by atoms with van der Waals surface area (Å²) in [5, 5.41) is 4.25. The number of rotatable bonds is 5. The predicted molar refractivity (Wildman–Crippen MR) is 84.4 cm³/mol. The van der Waals surface area contributed by atoms with Gasteiger partial charge in [-0.3, -0.25) is 10.3 Å². The molecule has 0 fully saturated rings. The van der Waals surface area contributed by atoms with Crippen molar-refractivity contribution in [1.82, 2.24) is 25.1 Å². The third kappa shape index (κ3) is 3.55. The molecule has 116 valence electrons. The van der Waals surface area contributed by atoms with E-state index >= 15 is 0 Å². The Labute approximate surface area is 131 Å². The van der Waals surface area contributed by atoms with Crippen molar-refractivity contribution >= 4 is 30.2 Å². The van der Waals surface area contributed by atoms with E-state index in [1.807, 2.05) is 12.2 Å². The molecule has 0 saturated carbocycles. The first-order valence-electron chi connectivity index (χ1n) is 6.73. The minimum absolute atomic E-state index is 0.254. The van der Waals surface area contributed by atoms with Gasteiger partial charge in [-0.1, -0.05) is 18.2 Å². The Bertz CT molecular complexity index is 856. The SMILES string of the molecule is CONC=Nc1nc2nccc(C=Cc3ccc(F)cc3)n2n1. The lowest BCUT2D eigenvalue weighted by molar-refractivity contribution is 0.148. The normalized spacial score (nSPS) is 11.7. The summed E-state index contributed by atoms with van der Waals surface area (Å²) in [5.74, 6) is 0.414. The van der Waals surface area contributed by atoms with E-state index in [0.29, 0.717) is 5.78 Å². The first-order valence-corrected chi connectivity index (χ1v) is 6.73. The van der Waals surface area contributed by atoms with Crippen molar-refractivity contribution in [3.05, 3.63) is 53.6 Å². The molecule has 0 atom stereocenters. The molecule has 3 aromatic rings. The van der Waals surface area contributed by atoms with E-state index in [1.165, 1.54) is 25.6 Å². The molecule has 2 aromatic heterocycles. The molecule has 23 heavy (non-hydrogen) atoms. The first kappa shape index (κ1) is 14.8. The molecule has 3 rings (SSSR count). The molecule has 0 spiro atoms. The second-order valence-electron chi connectivity index (χ2n) is 4.46. The summed E-state index contributed by atoms with van der Waals surface area (Å²) < 4.78 is 14.5. The maximum Gasteiger partial charge on any atom is 0.272 e. The van der Waals surface area contributed by atoms with Crippen molar-refractivity contribution in [1.29, 1.82) is 0 Å². The zero-order valence-electron chi connectivity index (χ0n) is 12.2. The molecule has 8 heteroatoms. The van der Waals surface area contributed by atoms with Gasteiger partial charge in [0.2, 0.25) is 0 Å². The largest absolute Gasteiger partial charge is 0.279 e. The number of hydrogen-bond donors (Lipinski definition) is 1. The van der Waals surface area contributed by atoms with E-state index in [2.05, 4.69) is 30.4 Å². The predicted octanol–water partition coefficient (Wildman–Crippen LogP) is 2.24. The summed E-state index contributed by atoms with van der Waals surface area (Å²) >= 11 is 0. The van der Waals surface area contributed by atoms with Gasteiger partial charge in [-0.2, -0.15) is 14.5 Å². The minimum Gasteiger partial charge on any atom is -0.279 e. The number of halogens is 1. The van der Waals surface area contributed by atoms with Crippen molar-refractivity contribution in [2.24, 2.45) is 4.99 Å². The van der Waals surface area contributed by atoms with Gasteiger partial charge in [-0.15, -0.1) is 5.10 Å². The van der Waals surface area contributed by atoms with Crippen LogP contribution in [0.15, 0.2) is 41.5 Å². The molecule has 1 aromatic carbocycles. The lowest BCUT2D eigenvalue weighted by Crippen LogP contribution is -2.07. The summed E-state index contributed by atoms with van der Waals surface area (Å²) in [6, 6.07) is 8.00. The van der Waals surface area contributed by atoms with E-state index < -0.39 is 0 Å². The molecule has 0 aliphatic carbocycles. The van der Waals surface area contributed by atoms with Crippen LogP contribution in [0.25, 0.3) is 17.9 Å². The fourth-order valence-corrected chi connectivity index (χ4v) is 1.87. The van der Waals surface area contributed by atoms with E-state index in [-0.39, 0.29) is 11.8 Å². The molecule has 0 bridgehead atoms. The molecular formula is C15H13FN6O. The Morgan fingerprint density at radius 1 is 1.22 bits per heavy atom. The second kappa shape index (κ2) is 6.75. The van der Waals surface area contributed by atoms with Gasteiger partial charge < -0.3 is 0 Å². The van der Waals surface area contributed by atoms with Crippen molar-refractivity contribution in [3.63, 3.8) is 0 Å². The molecule has 2 heterocycles. The zero-order valence-corrected chi connectivity index (χ0v) is 12.2. The quantitative estimate of drug-likeness (QED) is 0.444. The van der Waals surface area contributed by atoms with Crippen molar-refractivity contribution < 1.29 is 9.23 Å². The number of aliphatic imine (C=N–C) groups is 1. The van der Waals surface area contributed by atoms with Crippen molar-refractivity contribution in [2.45, 2.75) is 0 Å². The summed E-state index contributed by atoms with van der Waals surface area (Å²) in [6.45, 7) is 0. The molecule has 7 nitrogen and oxygen atoms in total. The Balaban J connectivity index is 1.89. The number of aromatic nitrogens is 4. The van der Waals surface area contributed by atoms with Crippen LogP contribution >= 0.6 is 0 Å². The smallest absolute Gasteiger partial charge is 0.272 e. The highest BCUT2D eigenvalue weighted by Gasteiger charge is 2.05. The highest BCUT2D eigenvalue weighted by atomic mass is 19.1. The number of nitrogens with one attached hydrogen (secondary N) is 1. The second-order valence-corrected chi connectivity index (χ2v) is 4.46. The summed E-state index contributed by atoms with van der Waals surface area (Å²) in [4.78, 5) is 16.9. The Hall–Kier alpha value is -3.13.